The van der Waals surface area contributed by atoms with Crippen molar-refractivity contribution < 1.29 is 23.9 Å². The monoisotopic (exact) mass is 599 g/mol. The number of methoxy groups -OCH3 is 2. The van der Waals surface area contributed by atoms with Gasteiger partial charge in [0.25, 0.3) is 0 Å². The molecule has 6 nitrogen and oxygen atoms in total. The van der Waals surface area contributed by atoms with E-state index in [-0.39, 0.29) is 17.3 Å². The van der Waals surface area contributed by atoms with Crippen molar-refractivity contribution in [2.24, 2.45) is 10.8 Å². The molecule has 1 fully saturated rings. The predicted octanol–water partition coefficient (Wildman–Crippen LogP) is 6.51. The van der Waals surface area contributed by atoms with E-state index in [0.717, 1.165) is 15.7 Å². The van der Waals surface area contributed by atoms with Crippen molar-refractivity contribution in [3.8, 4) is 11.5 Å². The zero-order chi connectivity index (χ0) is 28.6. The number of hydrogen-bond acceptors (Lipinski definition) is 6. The van der Waals surface area contributed by atoms with Crippen LogP contribution in [0.3, 0.4) is 0 Å². The summed E-state index contributed by atoms with van der Waals surface area (Å²) in [5.74, 6) is -0.569. The van der Waals surface area contributed by atoms with Gasteiger partial charge in [-0.05, 0) is 29.8 Å². The Bertz CT molecular complexity index is 1580. The molecule has 40 heavy (non-hydrogen) atoms. The van der Waals surface area contributed by atoms with Crippen LogP contribution >= 0.6 is 15.9 Å². The standard InChI is InChI=1S/C33H30BrNO5/c1-32(2,3)31(38)27-26(22-11-8-12-24(39-4)28(22)40-5)33(29(36)20-9-6-7-10-21(20)30(33)37)25-16-13-18-17-19(34)14-15-23(18)35(25)27/h6-17,25-27H,1-5H3. The van der Waals surface area contributed by atoms with Gasteiger partial charge >= 0.3 is 0 Å². The number of benzene rings is 3. The van der Waals surface area contributed by atoms with Crippen LogP contribution in [-0.2, 0) is 4.79 Å². The maximum Gasteiger partial charge on any atom is 0.180 e. The summed E-state index contributed by atoms with van der Waals surface area (Å²) in [6, 6.07) is 16.8. The third-order valence-corrected chi connectivity index (χ3v) is 9.04. The fraction of sp³-hybridized carbons (Fsp3) is 0.303. The molecule has 3 atom stereocenters. The van der Waals surface area contributed by atoms with Crippen molar-refractivity contribution in [3.63, 3.8) is 0 Å². The van der Waals surface area contributed by atoms with E-state index in [0.29, 0.717) is 28.2 Å². The third kappa shape index (κ3) is 3.43. The Morgan fingerprint density at radius 2 is 1.60 bits per heavy atom. The molecule has 3 aromatic carbocycles. The van der Waals surface area contributed by atoms with Crippen LogP contribution in [-0.4, -0.2) is 43.7 Å². The fourth-order valence-corrected chi connectivity index (χ4v) is 7.27. The molecule has 1 aliphatic carbocycles. The van der Waals surface area contributed by atoms with E-state index in [2.05, 4.69) is 15.9 Å². The minimum absolute atomic E-state index is 0.0648. The van der Waals surface area contributed by atoms with Crippen LogP contribution < -0.4 is 14.4 Å². The highest BCUT2D eigenvalue weighted by atomic mass is 79.9. The quantitative estimate of drug-likeness (QED) is 0.318. The van der Waals surface area contributed by atoms with Crippen molar-refractivity contribution in [2.75, 3.05) is 19.1 Å². The first-order chi connectivity index (χ1) is 19.1. The van der Waals surface area contributed by atoms with E-state index >= 15 is 0 Å². The van der Waals surface area contributed by atoms with Gasteiger partial charge in [-0.2, -0.15) is 0 Å². The predicted molar refractivity (Wildman–Crippen MR) is 158 cm³/mol. The number of ether oxygens (including phenoxy) is 2. The summed E-state index contributed by atoms with van der Waals surface area (Å²) in [6.45, 7) is 5.64. The zero-order valence-corrected chi connectivity index (χ0v) is 24.6. The van der Waals surface area contributed by atoms with Gasteiger partial charge in [-0.1, -0.05) is 85.3 Å². The fourth-order valence-electron chi connectivity index (χ4n) is 6.89. The second-order valence-electron chi connectivity index (χ2n) is 11.6. The molecule has 2 aliphatic heterocycles. The molecule has 1 saturated heterocycles. The summed E-state index contributed by atoms with van der Waals surface area (Å²) in [5, 5.41) is 0. The number of fused-ring (bicyclic) bond motifs is 5. The van der Waals surface area contributed by atoms with Crippen LogP contribution in [0.1, 0.15) is 58.5 Å². The number of hydrogen-bond donors (Lipinski definition) is 0. The number of nitrogens with zero attached hydrogens (tertiary/aromatic N) is 1. The Balaban J connectivity index is 1.74. The molecule has 0 N–H and O–H groups in total. The van der Waals surface area contributed by atoms with Gasteiger partial charge in [0.05, 0.1) is 26.3 Å². The maximum atomic E-state index is 14.7. The van der Waals surface area contributed by atoms with Gasteiger partial charge in [0.15, 0.2) is 28.8 Å². The summed E-state index contributed by atoms with van der Waals surface area (Å²) in [7, 11) is 3.09. The average molecular weight is 601 g/mol. The lowest BCUT2D eigenvalue weighted by atomic mass is 9.63. The van der Waals surface area contributed by atoms with E-state index in [1.807, 2.05) is 68.2 Å². The first kappa shape index (κ1) is 26.5. The highest BCUT2D eigenvalue weighted by Crippen LogP contribution is 2.62. The molecule has 0 aromatic heterocycles. The third-order valence-electron chi connectivity index (χ3n) is 8.54. The molecule has 7 heteroatoms. The molecule has 2 heterocycles. The lowest BCUT2D eigenvalue weighted by Crippen LogP contribution is -2.49. The van der Waals surface area contributed by atoms with E-state index in [1.54, 1.807) is 37.4 Å². The molecular formula is C33H30BrNO5. The first-order valence-corrected chi connectivity index (χ1v) is 14.1. The molecule has 3 aromatic rings. The minimum Gasteiger partial charge on any atom is -0.493 e. The molecule has 0 radical (unpaired) electrons. The van der Waals surface area contributed by atoms with E-state index in [1.165, 1.54) is 7.11 Å². The second-order valence-corrected chi connectivity index (χ2v) is 12.5. The van der Waals surface area contributed by atoms with Crippen LogP contribution in [0.15, 0.2) is 71.2 Å². The summed E-state index contributed by atoms with van der Waals surface area (Å²) in [4.78, 5) is 46.1. The summed E-state index contributed by atoms with van der Waals surface area (Å²) < 4.78 is 12.4. The molecule has 6 rings (SSSR count). The highest BCUT2D eigenvalue weighted by Gasteiger charge is 2.72. The topological polar surface area (TPSA) is 72.9 Å². The molecule has 0 saturated carbocycles. The van der Waals surface area contributed by atoms with E-state index in [9.17, 15) is 14.4 Å². The molecule has 204 valence electrons. The Labute approximate surface area is 242 Å². The van der Waals surface area contributed by atoms with E-state index in [4.69, 9.17) is 9.47 Å². The van der Waals surface area contributed by atoms with Crippen molar-refractivity contribution in [1.82, 2.24) is 0 Å². The number of carbonyl (C=O) groups is 3. The number of anilines is 1. The van der Waals surface area contributed by atoms with E-state index < -0.39 is 28.8 Å². The van der Waals surface area contributed by atoms with Crippen LogP contribution in [0, 0.1) is 10.8 Å². The number of ketones is 3. The Morgan fingerprint density at radius 1 is 0.925 bits per heavy atom. The Kier molecular flexibility index (Phi) is 6.07. The zero-order valence-electron chi connectivity index (χ0n) is 23.0. The number of halogens is 1. The summed E-state index contributed by atoms with van der Waals surface area (Å²) in [5.41, 5.74) is 0.728. The smallest absolute Gasteiger partial charge is 0.180 e. The van der Waals surface area contributed by atoms with Crippen molar-refractivity contribution in [2.45, 2.75) is 38.8 Å². The SMILES string of the molecule is COc1cccc(C2C(C(=O)C(C)(C)C)N3c4ccc(Br)cc4C=CC3C23C(=O)c2ccccc2C3=O)c1OC. The Morgan fingerprint density at radius 3 is 2.20 bits per heavy atom. The average Bonchev–Trinajstić information content (AvgIpc) is 3.37. The van der Waals surface area contributed by atoms with Gasteiger partial charge in [0.1, 0.15) is 5.41 Å². The number of para-hydroxylation sites is 1. The van der Waals surface area contributed by atoms with Gasteiger partial charge in [0.2, 0.25) is 0 Å². The van der Waals surface area contributed by atoms with Crippen LogP contribution in [0.25, 0.3) is 6.08 Å². The van der Waals surface area contributed by atoms with Gasteiger partial charge in [-0.25, -0.2) is 0 Å². The summed E-state index contributed by atoms with van der Waals surface area (Å²) in [6.07, 6.45) is 3.88. The number of Topliss-reactive ketones (excluding diaryl/α,β-unsaturated/α-hetero) is 3. The van der Waals surface area contributed by atoms with Crippen LogP contribution in [0.5, 0.6) is 11.5 Å². The number of rotatable bonds is 4. The minimum atomic E-state index is -1.59. The summed E-state index contributed by atoms with van der Waals surface area (Å²) >= 11 is 3.56. The van der Waals surface area contributed by atoms with Crippen molar-refractivity contribution >= 4 is 45.0 Å². The van der Waals surface area contributed by atoms with Crippen LogP contribution in [0.2, 0.25) is 0 Å². The van der Waals surface area contributed by atoms with Crippen molar-refractivity contribution in [1.29, 1.82) is 0 Å². The molecular weight excluding hydrogens is 570 g/mol. The molecule has 0 bridgehead atoms. The molecule has 3 aliphatic rings. The molecule has 3 unspecified atom stereocenters. The van der Waals surface area contributed by atoms with Crippen molar-refractivity contribution in [3.05, 3.63) is 93.5 Å². The maximum absolute atomic E-state index is 14.7. The molecule has 0 amide bonds. The first-order valence-electron chi connectivity index (χ1n) is 13.3. The number of carbonyl (C=O) groups excluding carboxylic acids is 3. The molecule has 1 spiro atoms. The Hall–Kier alpha value is -3.71. The van der Waals surface area contributed by atoms with Gasteiger partial charge < -0.3 is 14.4 Å². The normalized spacial score (nSPS) is 22.2. The lowest BCUT2D eigenvalue weighted by molar-refractivity contribution is -0.127. The highest BCUT2D eigenvalue weighted by molar-refractivity contribution is 9.10. The van der Waals surface area contributed by atoms with Crippen LogP contribution in [0.4, 0.5) is 5.69 Å². The van der Waals surface area contributed by atoms with Gasteiger partial charge in [-0.3, -0.25) is 14.4 Å². The van der Waals surface area contributed by atoms with Gasteiger partial charge in [0, 0.05) is 38.2 Å². The second kappa shape index (κ2) is 9.16. The largest absolute Gasteiger partial charge is 0.493 e. The van der Waals surface area contributed by atoms with Gasteiger partial charge in [-0.15, -0.1) is 0 Å². The lowest BCUT2D eigenvalue weighted by Gasteiger charge is -2.38.